The molecule has 26 heavy (non-hydrogen) atoms. The predicted molar refractivity (Wildman–Crippen MR) is 103 cm³/mol. The third-order valence-corrected chi connectivity index (χ3v) is 5.32. The van der Waals surface area contributed by atoms with Crippen molar-refractivity contribution in [1.82, 2.24) is 4.90 Å². The standard InChI is InChI=1S/C22H28FNO2/c1-15-7-9-18(10-8-15)22(4,19-11-13-20(23)14-12-19)17(3)26-21(25)16(2)24(5)6/h7-14,16-17H,1-6H3/t16-,17-,22?/m0/s1. The van der Waals surface area contributed by atoms with Crippen LogP contribution in [0.25, 0.3) is 0 Å². The van der Waals surface area contributed by atoms with Crippen molar-refractivity contribution in [3.63, 3.8) is 0 Å². The summed E-state index contributed by atoms with van der Waals surface area (Å²) >= 11 is 0. The lowest BCUT2D eigenvalue weighted by Gasteiger charge is -2.37. The number of ether oxygens (including phenoxy) is 1. The molecule has 2 aromatic carbocycles. The molecule has 140 valence electrons. The quantitative estimate of drug-likeness (QED) is 0.721. The maximum absolute atomic E-state index is 13.4. The molecule has 0 spiro atoms. The van der Waals surface area contributed by atoms with Gasteiger partial charge in [0.15, 0.2) is 0 Å². The van der Waals surface area contributed by atoms with Gasteiger partial charge in [-0.25, -0.2) is 4.39 Å². The summed E-state index contributed by atoms with van der Waals surface area (Å²) in [4.78, 5) is 14.3. The van der Waals surface area contributed by atoms with Crippen molar-refractivity contribution in [2.45, 2.75) is 45.3 Å². The van der Waals surface area contributed by atoms with E-state index in [0.717, 1.165) is 16.7 Å². The minimum absolute atomic E-state index is 0.275. The van der Waals surface area contributed by atoms with Crippen LogP contribution in [0.15, 0.2) is 48.5 Å². The van der Waals surface area contributed by atoms with Gasteiger partial charge in [-0.1, -0.05) is 42.0 Å². The van der Waals surface area contributed by atoms with E-state index in [9.17, 15) is 9.18 Å². The Kier molecular flexibility index (Phi) is 6.19. The Morgan fingerprint density at radius 3 is 1.92 bits per heavy atom. The fourth-order valence-electron chi connectivity index (χ4n) is 2.93. The molecule has 0 amide bonds. The van der Waals surface area contributed by atoms with Crippen LogP contribution in [-0.4, -0.2) is 37.1 Å². The van der Waals surface area contributed by atoms with Crippen molar-refractivity contribution in [2.24, 2.45) is 0 Å². The first kappa shape index (κ1) is 20.1. The van der Waals surface area contributed by atoms with Crippen LogP contribution in [0, 0.1) is 12.7 Å². The number of benzene rings is 2. The normalized spacial score (nSPS) is 16.0. The largest absolute Gasteiger partial charge is 0.460 e. The molecule has 0 aliphatic heterocycles. The van der Waals surface area contributed by atoms with Gasteiger partial charge in [-0.3, -0.25) is 9.69 Å². The van der Waals surface area contributed by atoms with Crippen molar-refractivity contribution in [3.8, 4) is 0 Å². The molecule has 0 saturated heterocycles. The SMILES string of the molecule is Cc1ccc(C(C)(c2ccc(F)cc2)[C@H](C)OC(=O)[C@H](C)N(C)C)cc1. The van der Waals surface area contributed by atoms with Gasteiger partial charge in [-0.2, -0.15) is 0 Å². The number of rotatable bonds is 6. The lowest BCUT2D eigenvalue weighted by Crippen LogP contribution is -2.43. The molecular weight excluding hydrogens is 329 g/mol. The second-order valence-electron chi connectivity index (χ2n) is 7.29. The van der Waals surface area contributed by atoms with Gasteiger partial charge >= 0.3 is 5.97 Å². The average molecular weight is 357 g/mol. The zero-order valence-corrected chi connectivity index (χ0v) is 16.4. The molecular formula is C22H28FNO2. The first-order chi connectivity index (χ1) is 12.2. The van der Waals surface area contributed by atoms with E-state index in [1.54, 1.807) is 12.1 Å². The highest BCUT2D eigenvalue weighted by Crippen LogP contribution is 2.37. The van der Waals surface area contributed by atoms with E-state index in [-0.39, 0.29) is 17.8 Å². The maximum Gasteiger partial charge on any atom is 0.323 e. The van der Waals surface area contributed by atoms with Crippen molar-refractivity contribution in [2.75, 3.05) is 14.1 Å². The zero-order valence-electron chi connectivity index (χ0n) is 16.4. The third kappa shape index (κ3) is 4.13. The van der Waals surface area contributed by atoms with E-state index in [1.165, 1.54) is 12.1 Å². The second-order valence-corrected chi connectivity index (χ2v) is 7.29. The van der Waals surface area contributed by atoms with E-state index in [4.69, 9.17) is 4.74 Å². The highest BCUT2D eigenvalue weighted by Gasteiger charge is 2.38. The number of likely N-dealkylation sites (N-methyl/N-ethyl adjacent to an activating group) is 1. The summed E-state index contributed by atoms with van der Waals surface area (Å²) in [5.41, 5.74) is 2.48. The summed E-state index contributed by atoms with van der Waals surface area (Å²) < 4.78 is 19.3. The first-order valence-electron chi connectivity index (χ1n) is 8.86. The molecule has 4 heteroatoms. The fraction of sp³-hybridized carbons (Fsp3) is 0.409. The van der Waals surface area contributed by atoms with Gasteiger partial charge in [0.05, 0.1) is 5.41 Å². The molecule has 2 aromatic rings. The van der Waals surface area contributed by atoms with E-state index >= 15 is 0 Å². The van der Waals surface area contributed by atoms with Gasteiger partial charge in [0.25, 0.3) is 0 Å². The molecule has 0 aliphatic rings. The van der Waals surface area contributed by atoms with Crippen LogP contribution < -0.4 is 0 Å². The summed E-state index contributed by atoms with van der Waals surface area (Å²) in [6.07, 6.45) is -0.425. The predicted octanol–water partition coefficient (Wildman–Crippen LogP) is 4.32. The molecule has 3 atom stereocenters. The van der Waals surface area contributed by atoms with Gasteiger partial charge in [-0.05, 0) is 65.0 Å². The number of hydrogen-bond donors (Lipinski definition) is 0. The number of aryl methyl sites for hydroxylation is 1. The molecule has 0 aromatic heterocycles. The van der Waals surface area contributed by atoms with Crippen LogP contribution >= 0.6 is 0 Å². The highest BCUT2D eigenvalue weighted by molar-refractivity contribution is 5.75. The zero-order chi connectivity index (χ0) is 19.5. The number of halogens is 1. The number of hydrogen-bond acceptors (Lipinski definition) is 3. The number of nitrogens with zero attached hydrogens (tertiary/aromatic N) is 1. The smallest absolute Gasteiger partial charge is 0.323 e. The molecule has 0 N–H and O–H groups in total. The Morgan fingerprint density at radius 2 is 1.46 bits per heavy atom. The van der Waals surface area contributed by atoms with E-state index in [2.05, 4.69) is 0 Å². The summed E-state index contributed by atoms with van der Waals surface area (Å²) in [5.74, 6) is -0.561. The number of carbonyl (C=O) groups excluding carboxylic acids is 1. The summed E-state index contributed by atoms with van der Waals surface area (Å²) in [6.45, 7) is 7.77. The van der Waals surface area contributed by atoms with Gasteiger partial charge in [0.1, 0.15) is 18.0 Å². The van der Waals surface area contributed by atoms with Crippen LogP contribution in [-0.2, 0) is 14.9 Å². The minimum Gasteiger partial charge on any atom is -0.460 e. The number of esters is 1. The Balaban J connectivity index is 2.44. The topological polar surface area (TPSA) is 29.5 Å². The molecule has 0 fully saturated rings. The Morgan fingerprint density at radius 1 is 1.00 bits per heavy atom. The third-order valence-electron chi connectivity index (χ3n) is 5.32. The van der Waals surface area contributed by atoms with Crippen LogP contribution in [0.4, 0.5) is 4.39 Å². The molecule has 0 bridgehead atoms. The van der Waals surface area contributed by atoms with Crippen LogP contribution in [0.3, 0.4) is 0 Å². The maximum atomic E-state index is 13.4. The molecule has 0 saturated carbocycles. The van der Waals surface area contributed by atoms with E-state index in [1.807, 2.05) is 71.0 Å². The molecule has 3 nitrogen and oxygen atoms in total. The molecule has 0 heterocycles. The van der Waals surface area contributed by atoms with Crippen molar-refractivity contribution in [1.29, 1.82) is 0 Å². The van der Waals surface area contributed by atoms with Crippen LogP contribution in [0.1, 0.15) is 37.5 Å². The Hall–Kier alpha value is -2.20. The van der Waals surface area contributed by atoms with E-state index in [0.29, 0.717) is 0 Å². The van der Waals surface area contributed by atoms with Gasteiger partial charge in [0.2, 0.25) is 0 Å². The first-order valence-corrected chi connectivity index (χ1v) is 8.86. The monoisotopic (exact) mass is 357 g/mol. The molecule has 2 rings (SSSR count). The van der Waals surface area contributed by atoms with Gasteiger partial charge in [-0.15, -0.1) is 0 Å². The lowest BCUT2D eigenvalue weighted by molar-refractivity contribution is -0.155. The fourth-order valence-corrected chi connectivity index (χ4v) is 2.93. The number of carbonyl (C=O) groups is 1. The summed E-state index contributed by atoms with van der Waals surface area (Å²) in [6, 6.07) is 14.2. The Bertz CT molecular complexity index is 692. The molecule has 1 unspecified atom stereocenters. The second kappa shape index (κ2) is 8.00. The Labute approximate surface area is 155 Å². The van der Waals surface area contributed by atoms with Gasteiger partial charge in [0, 0.05) is 0 Å². The lowest BCUT2D eigenvalue weighted by atomic mass is 9.72. The van der Waals surface area contributed by atoms with Crippen molar-refractivity contribution >= 4 is 5.97 Å². The van der Waals surface area contributed by atoms with Crippen LogP contribution in [0.2, 0.25) is 0 Å². The average Bonchev–Trinajstić information content (AvgIpc) is 2.61. The molecule has 0 radical (unpaired) electrons. The van der Waals surface area contributed by atoms with Crippen molar-refractivity contribution in [3.05, 3.63) is 71.0 Å². The minimum atomic E-state index is -0.594. The highest BCUT2D eigenvalue weighted by atomic mass is 19.1. The van der Waals surface area contributed by atoms with Crippen LogP contribution in [0.5, 0.6) is 0 Å². The van der Waals surface area contributed by atoms with Gasteiger partial charge < -0.3 is 4.74 Å². The summed E-state index contributed by atoms with van der Waals surface area (Å²) in [5, 5.41) is 0. The molecule has 0 aliphatic carbocycles. The van der Waals surface area contributed by atoms with E-state index < -0.39 is 11.5 Å². The summed E-state index contributed by atoms with van der Waals surface area (Å²) in [7, 11) is 3.69. The van der Waals surface area contributed by atoms with Crippen molar-refractivity contribution < 1.29 is 13.9 Å².